The Morgan fingerprint density at radius 1 is 0.323 bits per heavy atom. The van der Waals surface area contributed by atoms with E-state index in [2.05, 4.69) is 206 Å². The van der Waals surface area contributed by atoms with Gasteiger partial charge in [-0.2, -0.15) is 0 Å². The number of aromatic nitrogens is 4. The first kappa shape index (κ1) is 35.8. The van der Waals surface area contributed by atoms with Crippen molar-refractivity contribution >= 4 is 49.4 Å². The van der Waals surface area contributed by atoms with Crippen LogP contribution >= 0.6 is 0 Å². The summed E-state index contributed by atoms with van der Waals surface area (Å²) >= 11 is 0. The minimum atomic E-state index is 0.703. The van der Waals surface area contributed by atoms with Crippen molar-refractivity contribution in [3.05, 3.63) is 211 Å². The van der Waals surface area contributed by atoms with Crippen LogP contribution in [0.15, 0.2) is 200 Å². The van der Waals surface area contributed by atoms with Gasteiger partial charge >= 0.3 is 0 Å². The Morgan fingerprint density at radius 2 is 0.806 bits per heavy atom. The molecule has 11 aromatic rings. The molecule has 4 nitrogen and oxygen atoms in total. The van der Waals surface area contributed by atoms with Crippen molar-refractivity contribution in [3.63, 3.8) is 0 Å². The lowest BCUT2D eigenvalue weighted by Crippen LogP contribution is -2.04. The van der Waals surface area contributed by atoms with Gasteiger partial charge in [0.1, 0.15) is 0 Å². The molecule has 0 atom stereocenters. The molecule has 290 valence electrons. The third-order valence-electron chi connectivity index (χ3n) is 12.4. The van der Waals surface area contributed by atoms with E-state index < -0.39 is 0 Å². The first-order chi connectivity index (χ1) is 30.7. The number of hydrogen-bond donors (Lipinski definition) is 0. The molecule has 0 aliphatic heterocycles. The third kappa shape index (κ3) is 6.15. The minimum absolute atomic E-state index is 0.703. The second-order valence-electron chi connectivity index (χ2n) is 16.0. The Kier molecular flexibility index (Phi) is 8.60. The van der Waals surface area contributed by atoms with Crippen LogP contribution in [0.5, 0.6) is 0 Å². The van der Waals surface area contributed by atoms with Gasteiger partial charge in [-0.3, -0.25) is 0 Å². The Balaban J connectivity index is 0.957. The zero-order valence-corrected chi connectivity index (χ0v) is 33.8. The van der Waals surface area contributed by atoms with Gasteiger partial charge in [0.25, 0.3) is 0 Å². The van der Waals surface area contributed by atoms with E-state index in [4.69, 9.17) is 19.9 Å². The molecule has 4 heteroatoms. The van der Waals surface area contributed by atoms with Crippen LogP contribution in [-0.4, -0.2) is 19.9 Å². The highest BCUT2D eigenvalue weighted by molar-refractivity contribution is 6.00. The number of nitrogens with zero attached hydrogens (tertiary/aromatic N) is 4. The maximum Gasteiger partial charge on any atom is 0.160 e. The summed E-state index contributed by atoms with van der Waals surface area (Å²) in [5.74, 6) is 1.43. The lowest BCUT2D eigenvalue weighted by atomic mass is 9.87. The third-order valence-corrected chi connectivity index (χ3v) is 12.4. The summed E-state index contributed by atoms with van der Waals surface area (Å²) in [5, 5.41) is 7.01. The number of allylic oxidation sites excluding steroid dienone is 1. The minimum Gasteiger partial charge on any atom is -0.228 e. The average Bonchev–Trinajstić information content (AvgIpc) is 3.35. The largest absolute Gasteiger partial charge is 0.228 e. The molecule has 0 saturated heterocycles. The maximum absolute atomic E-state index is 5.39. The predicted octanol–water partition coefficient (Wildman–Crippen LogP) is 14.8. The van der Waals surface area contributed by atoms with E-state index in [0.717, 1.165) is 79.7 Å². The second kappa shape index (κ2) is 14.9. The van der Waals surface area contributed by atoms with Crippen LogP contribution in [0.25, 0.3) is 117 Å². The van der Waals surface area contributed by atoms with Gasteiger partial charge in [-0.05, 0) is 79.9 Å². The van der Waals surface area contributed by atoms with E-state index in [-0.39, 0.29) is 0 Å². The number of fused-ring (bicyclic) bond motifs is 5. The Hall–Kier alpha value is -8.08. The van der Waals surface area contributed by atoms with Gasteiger partial charge in [-0.15, -0.1) is 0 Å². The van der Waals surface area contributed by atoms with Crippen molar-refractivity contribution in [2.45, 2.75) is 12.8 Å². The van der Waals surface area contributed by atoms with E-state index in [1.54, 1.807) is 0 Å². The zero-order valence-electron chi connectivity index (χ0n) is 33.8. The van der Waals surface area contributed by atoms with Crippen LogP contribution in [0.1, 0.15) is 17.5 Å². The smallest absolute Gasteiger partial charge is 0.160 e. The molecule has 0 amide bonds. The van der Waals surface area contributed by atoms with Crippen molar-refractivity contribution in [1.82, 2.24) is 19.9 Å². The molecule has 0 radical (unpaired) electrons. The first-order valence-corrected chi connectivity index (χ1v) is 21.3. The summed E-state index contributed by atoms with van der Waals surface area (Å²) < 4.78 is 0. The normalized spacial score (nSPS) is 12.3. The van der Waals surface area contributed by atoms with Crippen LogP contribution in [0.3, 0.4) is 0 Å². The van der Waals surface area contributed by atoms with E-state index in [0.29, 0.717) is 5.82 Å². The molecule has 0 fully saturated rings. The van der Waals surface area contributed by atoms with Crippen LogP contribution in [0, 0.1) is 0 Å². The number of rotatable bonds is 6. The van der Waals surface area contributed by atoms with E-state index in [1.807, 2.05) is 0 Å². The molecule has 1 aliphatic carbocycles. The van der Waals surface area contributed by atoms with Gasteiger partial charge in [-0.25, -0.2) is 19.9 Å². The topological polar surface area (TPSA) is 51.6 Å². The van der Waals surface area contributed by atoms with Crippen molar-refractivity contribution in [2.24, 2.45) is 0 Å². The van der Waals surface area contributed by atoms with Gasteiger partial charge in [0.05, 0.1) is 22.4 Å². The van der Waals surface area contributed by atoms with Gasteiger partial charge in [0.2, 0.25) is 0 Å². The molecule has 12 rings (SSSR count). The van der Waals surface area contributed by atoms with Crippen LogP contribution < -0.4 is 0 Å². The first-order valence-electron chi connectivity index (χ1n) is 21.3. The van der Waals surface area contributed by atoms with Crippen molar-refractivity contribution in [3.8, 4) is 67.5 Å². The quantitative estimate of drug-likeness (QED) is 0.168. The predicted molar refractivity (Wildman–Crippen MR) is 258 cm³/mol. The highest BCUT2D eigenvalue weighted by Gasteiger charge is 2.22. The molecule has 9 aromatic carbocycles. The molecule has 2 aromatic heterocycles. The maximum atomic E-state index is 5.39. The average molecular weight is 791 g/mol. The Labute approximate surface area is 359 Å². The van der Waals surface area contributed by atoms with Crippen molar-refractivity contribution < 1.29 is 0 Å². The fourth-order valence-corrected chi connectivity index (χ4v) is 9.36. The van der Waals surface area contributed by atoms with Gasteiger partial charge in [0.15, 0.2) is 11.6 Å². The van der Waals surface area contributed by atoms with Crippen LogP contribution in [0.4, 0.5) is 0 Å². The molecule has 0 N–H and O–H groups in total. The summed E-state index contributed by atoms with van der Waals surface area (Å²) in [6, 6.07) is 68.7. The highest BCUT2D eigenvalue weighted by Crippen LogP contribution is 2.41. The molecule has 0 saturated carbocycles. The Bertz CT molecular complexity index is 3560. The summed E-state index contributed by atoms with van der Waals surface area (Å²) in [6.45, 7) is 0. The Morgan fingerprint density at radius 3 is 1.45 bits per heavy atom. The lowest BCUT2D eigenvalue weighted by molar-refractivity contribution is 0.983. The standard InChI is InChI=1S/C58H38N4/c1-3-17-43-37(13-1)15-11-23-45(43)39-27-31-41(32-28-39)55-51-21-7-9-25-53(51)60-58(61-55)50-36-35-49(47-19-5-6-20-48(47)50)56-52-22-8-10-26-54(52)59-57(62-56)42-33-29-40(30-34-42)46-24-12-16-38-14-2-4-18-44(38)46/h1-5,7-19,21-36H,6,20H2. The fourth-order valence-electron chi connectivity index (χ4n) is 9.36. The van der Waals surface area contributed by atoms with E-state index in [9.17, 15) is 0 Å². The van der Waals surface area contributed by atoms with E-state index in [1.165, 1.54) is 49.4 Å². The number of benzene rings is 9. The summed E-state index contributed by atoms with van der Waals surface area (Å²) in [6.07, 6.45) is 6.36. The molecule has 0 unspecified atom stereocenters. The second-order valence-corrected chi connectivity index (χ2v) is 16.0. The number of para-hydroxylation sites is 2. The summed E-state index contributed by atoms with van der Waals surface area (Å²) in [4.78, 5) is 21.1. The van der Waals surface area contributed by atoms with Crippen LogP contribution in [-0.2, 0) is 6.42 Å². The zero-order chi connectivity index (χ0) is 41.0. The summed E-state index contributed by atoms with van der Waals surface area (Å²) in [5.41, 5.74) is 15.0. The molecule has 2 heterocycles. The molecule has 0 bridgehead atoms. The number of hydrogen-bond acceptors (Lipinski definition) is 4. The molecule has 62 heavy (non-hydrogen) atoms. The monoisotopic (exact) mass is 790 g/mol. The summed E-state index contributed by atoms with van der Waals surface area (Å²) in [7, 11) is 0. The molecular weight excluding hydrogens is 753 g/mol. The SMILES string of the molecule is C1=Cc2c(-c3nc(-c4ccc(-c5cccc6ccccc56)cc4)nc4ccccc34)ccc(-c3nc(-c4ccc(-c5cccc6ccccc56)cc4)c4ccccc4n3)c2CC1. The molecule has 0 spiro atoms. The lowest BCUT2D eigenvalue weighted by Gasteiger charge is -2.20. The van der Waals surface area contributed by atoms with Crippen LogP contribution in [0.2, 0.25) is 0 Å². The van der Waals surface area contributed by atoms with Gasteiger partial charge in [-0.1, -0.05) is 194 Å². The highest BCUT2D eigenvalue weighted by atomic mass is 14.9. The fraction of sp³-hybridized carbons (Fsp3) is 0.0345. The van der Waals surface area contributed by atoms with Gasteiger partial charge in [0, 0.05) is 33.0 Å². The van der Waals surface area contributed by atoms with Crippen molar-refractivity contribution in [1.29, 1.82) is 0 Å². The molecule has 1 aliphatic rings. The van der Waals surface area contributed by atoms with Gasteiger partial charge < -0.3 is 0 Å². The molecular formula is C58H38N4. The van der Waals surface area contributed by atoms with E-state index >= 15 is 0 Å². The van der Waals surface area contributed by atoms with Crippen molar-refractivity contribution in [2.75, 3.05) is 0 Å².